The normalized spacial score (nSPS) is 12.5. The van der Waals surface area contributed by atoms with Gasteiger partial charge in [0.15, 0.2) is 10.1 Å². The molecule has 0 aliphatic carbocycles. The third-order valence-electron chi connectivity index (χ3n) is 3.13. The van der Waals surface area contributed by atoms with E-state index in [-0.39, 0.29) is 5.25 Å². The van der Waals surface area contributed by atoms with E-state index in [2.05, 4.69) is 22.1 Å². The van der Waals surface area contributed by atoms with Crippen LogP contribution in [0.5, 0.6) is 0 Å². The van der Waals surface area contributed by atoms with Gasteiger partial charge in [-0.25, -0.2) is 4.98 Å². The fourth-order valence-corrected chi connectivity index (χ4v) is 3.88. The number of rotatable bonds is 5. The molecule has 0 aliphatic rings. The van der Waals surface area contributed by atoms with Gasteiger partial charge in [-0.05, 0) is 13.3 Å². The summed E-state index contributed by atoms with van der Waals surface area (Å²) in [5.74, 6) is 1.55. The van der Waals surface area contributed by atoms with E-state index in [9.17, 15) is 0 Å². The van der Waals surface area contributed by atoms with Crippen molar-refractivity contribution in [3.8, 4) is 11.3 Å². The zero-order valence-corrected chi connectivity index (χ0v) is 13.9. The van der Waals surface area contributed by atoms with Gasteiger partial charge in [0.2, 0.25) is 11.0 Å². The first kappa shape index (κ1) is 15.1. The van der Waals surface area contributed by atoms with Crippen molar-refractivity contribution in [1.82, 2.24) is 15.2 Å². The zero-order chi connectivity index (χ0) is 15.5. The molecule has 0 unspecified atom stereocenters. The summed E-state index contributed by atoms with van der Waals surface area (Å²) in [4.78, 5) is 4.65. The summed E-state index contributed by atoms with van der Waals surface area (Å²) in [6, 6.07) is 10.1. The predicted octanol–water partition coefficient (Wildman–Crippen LogP) is 4.19. The summed E-state index contributed by atoms with van der Waals surface area (Å²) < 4.78 is 6.85. The second kappa shape index (κ2) is 6.50. The van der Waals surface area contributed by atoms with Crippen LogP contribution in [0, 0.1) is 0 Å². The van der Waals surface area contributed by atoms with Crippen LogP contribution in [0.25, 0.3) is 11.3 Å². The van der Waals surface area contributed by atoms with Gasteiger partial charge in [0.1, 0.15) is 0 Å². The molecule has 2 heterocycles. The molecule has 0 saturated heterocycles. The molecule has 3 rings (SSSR count). The van der Waals surface area contributed by atoms with Gasteiger partial charge in [-0.2, -0.15) is 0 Å². The molecule has 0 saturated carbocycles. The van der Waals surface area contributed by atoms with Crippen LogP contribution in [-0.4, -0.2) is 15.2 Å². The highest BCUT2D eigenvalue weighted by atomic mass is 32.2. The smallest absolute Gasteiger partial charge is 0.208 e. The monoisotopic (exact) mass is 332 g/mol. The van der Waals surface area contributed by atoms with E-state index in [1.54, 1.807) is 11.8 Å². The maximum Gasteiger partial charge on any atom is 0.208 e. The van der Waals surface area contributed by atoms with Gasteiger partial charge >= 0.3 is 0 Å². The minimum absolute atomic E-state index is 0.0510. The van der Waals surface area contributed by atoms with E-state index in [0.717, 1.165) is 27.8 Å². The average Bonchev–Trinajstić information content (AvgIpc) is 3.14. The molecular formula is C15H16N4OS2. The first-order valence-electron chi connectivity index (χ1n) is 6.98. The number of hydrogen-bond acceptors (Lipinski definition) is 7. The van der Waals surface area contributed by atoms with Crippen LogP contribution in [0.3, 0.4) is 0 Å². The molecule has 2 aromatic heterocycles. The molecule has 0 aliphatic heterocycles. The van der Waals surface area contributed by atoms with Gasteiger partial charge < -0.3 is 10.2 Å². The van der Waals surface area contributed by atoms with Crippen LogP contribution < -0.4 is 5.73 Å². The molecule has 0 radical (unpaired) electrons. The molecule has 1 aromatic carbocycles. The number of benzene rings is 1. The largest absolute Gasteiger partial charge is 0.439 e. The quantitative estimate of drug-likeness (QED) is 0.706. The van der Waals surface area contributed by atoms with E-state index in [0.29, 0.717) is 11.0 Å². The third kappa shape index (κ3) is 3.15. The second-order valence-corrected chi connectivity index (χ2v) is 7.31. The van der Waals surface area contributed by atoms with Gasteiger partial charge in [-0.3, -0.25) is 0 Å². The van der Waals surface area contributed by atoms with Crippen molar-refractivity contribution in [3.05, 3.63) is 41.9 Å². The Kier molecular flexibility index (Phi) is 4.44. The van der Waals surface area contributed by atoms with E-state index < -0.39 is 0 Å². The number of nitrogen functional groups attached to an aromatic ring is 1. The Balaban J connectivity index is 1.87. The molecule has 1 atom stereocenters. The van der Waals surface area contributed by atoms with Gasteiger partial charge in [0.25, 0.3) is 0 Å². The fourth-order valence-electron chi connectivity index (χ4n) is 2.07. The molecule has 7 heteroatoms. The summed E-state index contributed by atoms with van der Waals surface area (Å²) in [6.45, 7) is 4.12. The average molecular weight is 332 g/mol. The van der Waals surface area contributed by atoms with Gasteiger partial charge in [-0.15, -0.1) is 10.2 Å². The topological polar surface area (TPSA) is 77.8 Å². The molecule has 5 nitrogen and oxygen atoms in total. The summed E-state index contributed by atoms with van der Waals surface area (Å²) >= 11 is 2.93. The maximum atomic E-state index is 6.03. The highest BCUT2D eigenvalue weighted by Gasteiger charge is 2.20. The van der Waals surface area contributed by atoms with Crippen molar-refractivity contribution < 1.29 is 4.42 Å². The third-order valence-corrected chi connectivity index (χ3v) is 5.06. The minimum atomic E-state index is 0.0510. The van der Waals surface area contributed by atoms with Crippen molar-refractivity contribution in [1.29, 1.82) is 0 Å². The SMILES string of the molecule is CCc1nc([C@@H](C)Sc2nnc(N)s2)oc1-c1ccccc1. The Morgan fingerprint density at radius 3 is 2.68 bits per heavy atom. The first-order valence-corrected chi connectivity index (χ1v) is 8.67. The summed E-state index contributed by atoms with van der Waals surface area (Å²) in [7, 11) is 0. The Labute approximate surface area is 137 Å². The van der Waals surface area contributed by atoms with Crippen molar-refractivity contribution in [3.63, 3.8) is 0 Å². The standard InChI is InChI=1S/C15H16N4OS2/c1-3-11-12(10-7-5-4-6-8-10)20-13(17-11)9(2)21-15-19-18-14(16)22-15/h4-9H,3H2,1-2H3,(H2,16,18)/t9-/m1/s1. The predicted molar refractivity (Wildman–Crippen MR) is 89.9 cm³/mol. The fraction of sp³-hybridized carbons (Fsp3) is 0.267. The molecule has 22 heavy (non-hydrogen) atoms. The molecular weight excluding hydrogens is 316 g/mol. The number of aromatic nitrogens is 3. The van der Waals surface area contributed by atoms with Crippen molar-refractivity contribution in [2.24, 2.45) is 0 Å². The Bertz CT molecular complexity index is 754. The maximum absolute atomic E-state index is 6.03. The first-order chi connectivity index (χ1) is 10.7. The van der Waals surface area contributed by atoms with E-state index in [4.69, 9.17) is 10.2 Å². The van der Waals surface area contributed by atoms with Crippen LogP contribution in [0.2, 0.25) is 0 Å². The molecule has 0 amide bonds. The highest BCUT2D eigenvalue weighted by molar-refractivity contribution is 8.01. The lowest BCUT2D eigenvalue weighted by Gasteiger charge is -2.03. The number of hydrogen-bond donors (Lipinski definition) is 1. The van der Waals surface area contributed by atoms with Crippen LogP contribution in [0.15, 0.2) is 39.1 Å². The lowest BCUT2D eigenvalue weighted by atomic mass is 10.1. The van der Waals surface area contributed by atoms with Crippen LogP contribution in [0.4, 0.5) is 5.13 Å². The molecule has 0 spiro atoms. The molecule has 2 N–H and O–H groups in total. The van der Waals surface area contributed by atoms with Crippen molar-refractivity contribution in [2.45, 2.75) is 29.9 Å². The van der Waals surface area contributed by atoms with Gasteiger partial charge in [0, 0.05) is 5.56 Å². The van der Waals surface area contributed by atoms with Gasteiger partial charge in [0.05, 0.1) is 10.9 Å². The number of nitrogens with two attached hydrogens (primary N) is 1. The Morgan fingerprint density at radius 2 is 2.05 bits per heavy atom. The highest BCUT2D eigenvalue weighted by Crippen LogP contribution is 2.38. The molecule has 114 valence electrons. The van der Waals surface area contributed by atoms with E-state index >= 15 is 0 Å². The Morgan fingerprint density at radius 1 is 1.27 bits per heavy atom. The lowest BCUT2D eigenvalue weighted by Crippen LogP contribution is -1.89. The summed E-state index contributed by atoms with van der Waals surface area (Å²) in [6.07, 6.45) is 0.830. The minimum Gasteiger partial charge on any atom is -0.439 e. The van der Waals surface area contributed by atoms with E-state index in [1.165, 1.54) is 11.3 Å². The van der Waals surface area contributed by atoms with Gasteiger partial charge in [-0.1, -0.05) is 60.4 Å². The van der Waals surface area contributed by atoms with Crippen LogP contribution >= 0.6 is 23.1 Å². The lowest BCUT2D eigenvalue weighted by molar-refractivity contribution is 0.510. The number of thioether (sulfide) groups is 1. The van der Waals surface area contributed by atoms with Crippen molar-refractivity contribution in [2.75, 3.05) is 5.73 Å². The number of aryl methyl sites for hydroxylation is 1. The Hall–Kier alpha value is -1.86. The molecule has 3 aromatic rings. The summed E-state index contributed by atoms with van der Waals surface area (Å²) in [5.41, 5.74) is 7.64. The van der Waals surface area contributed by atoms with Crippen LogP contribution in [0.1, 0.15) is 30.7 Å². The second-order valence-electron chi connectivity index (χ2n) is 4.71. The molecule has 0 fully saturated rings. The zero-order valence-electron chi connectivity index (χ0n) is 12.3. The summed E-state index contributed by atoms with van der Waals surface area (Å²) in [5, 5.41) is 8.37. The number of nitrogens with zero attached hydrogens (tertiary/aromatic N) is 3. The van der Waals surface area contributed by atoms with Crippen molar-refractivity contribution >= 4 is 28.2 Å². The number of oxazole rings is 1. The van der Waals surface area contributed by atoms with Crippen LogP contribution in [-0.2, 0) is 6.42 Å². The molecule has 0 bridgehead atoms. The number of anilines is 1. The van der Waals surface area contributed by atoms with E-state index in [1.807, 2.05) is 37.3 Å².